The Labute approximate surface area is 237 Å². The molecule has 1 fully saturated rings. The topological polar surface area (TPSA) is 96.0 Å². The monoisotopic (exact) mass is 577 g/mol. The molecular formula is C29H40ClN3O5S. The lowest BCUT2D eigenvalue weighted by atomic mass is 10.1. The number of benzene rings is 2. The lowest BCUT2D eigenvalue weighted by Crippen LogP contribution is -2.48. The fourth-order valence-corrected chi connectivity index (χ4v) is 6.06. The van der Waals surface area contributed by atoms with E-state index in [4.69, 9.17) is 16.3 Å². The van der Waals surface area contributed by atoms with Gasteiger partial charge in [-0.25, -0.2) is 8.42 Å². The highest BCUT2D eigenvalue weighted by atomic mass is 35.5. The van der Waals surface area contributed by atoms with Gasteiger partial charge >= 0.3 is 0 Å². The van der Waals surface area contributed by atoms with Crippen LogP contribution in [-0.2, 0) is 37.3 Å². The molecule has 39 heavy (non-hydrogen) atoms. The van der Waals surface area contributed by atoms with Crippen LogP contribution in [0.25, 0.3) is 0 Å². The normalized spacial score (nSPS) is 14.9. The largest absolute Gasteiger partial charge is 0.379 e. The van der Waals surface area contributed by atoms with Crippen LogP contribution in [0.15, 0.2) is 53.4 Å². The number of sulfonamides is 1. The van der Waals surface area contributed by atoms with Crippen molar-refractivity contribution in [1.82, 2.24) is 14.5 Å². The van der Waals surface area contributed by atoms with Crippen LogP contribution in [0.3, 0.4) is 0 Å². The Kier molecular flexibility index (Phi) is 11.8. The quantitative estimate of drug-likeness (QED) is 0.336. The van der Waals surface area contributed by atoms with E-state index in [1.54, 1.807) is 48.2 Å². The number of hydrogen-bond donors (Lipinski definition) is 1. The van der Waals surface area contributed by atoms with E-state index in [9.17, 15) is 18.0 Å². The third-order valence-electron chi connectivity index (χ3n) is 6.76. The van der Waals surface area contributed by atoms with E-state index in [-0.39, 0.29) is 35.8 Å². The fourth-order valence-electron chi connectivity index (χ4n) is 4.42. The van der Waals surface area contributed by atoms with Crippen molar-refractivity contribution >= 4 is 33.4 Å². The Balaban J connectivity index is 1.63. The molecule has 2 aromatic carbocycles. The average molecular weight is 578 g/mol. The van der Waals surface area contributed by atoms with Crippen LogP contribution >= 0.6 is 11.6 Å². The molecule has 10 heteroatoms. The minimum atomic E-state index is -3.48. The molecule has 0 spiro atoms. The van der Waals surface area contributed by atoms with Gasteiger partial charge in [0.25, 0.3) is 0 Å². The van der Waals surface area contributed by atoms with Gasteiger partial charge in [0.05, 0.1) is 11.0 Å². The fraction of sp³-hybridized carbons (Fsp3) is 0.517. The Morgan fingerprint density at radius 2 is 1.62 bits per heavy atom. The summed E-state index contributed by atoms with van der Waals surface area (Å²) in [6, 6.07) is 13.3. The summed E-state index contributed by atoms with van der Waals surface area (Å²) in [5.74, 6) is -0.386. The summed E-state index contributed by atoms with van der Waals surface area (Å²) in [6.07, 6.45) is 3.21. The lowest BCUT2D eigenvalue weighted by Gasteiger charge is -2.29. The molecule has 214 valence electrons. The number of hydrogen-bond acceptors (Lipinski definition) is 5. The Hall–Kier alpha value is -2.46. The first-order valence-electron chi connectivity index (χ1n) is 13.6. The van der Waals surface area contributed by atoms with Gasteiger partial charge in [-0.05, 0) is 81.8 Å². The van der Waals surface area contributed by atoms with Crippen LogP contribution < -0.4 is 5.32 Å². The minimum absolute atomic E-state index is 0.137. The zero-order valence-electron chi connectivity index (χ0n) is 23.1. The molecule has 1 heterocycles. The molecule has 1 saturated heterocycles. The van der Waals surface area contributed by atoms with Gasteiger partial charge in [0, 0.05) is 44.2 Å². The van der Waals surface area contributed by atoms with E-state index in [0.717, 1.165) is 24.0 Å². The molecule has 1 N–H and O–H groups in total. The Morgan fingerprint density at radius 3 is 2.23 bits per heavy atom. The van der Waals surface area contributed by atoms with Crippen molar-refractivity contribution in [2.75, 3.05) is 26.2 Å². The van der Waals surface area contributed by atoms with Crippen molar-refractivity contribution in [3.8, 4) is 0 Å². The summed E-state index contributed by atoms with van der Waals surface area (Å²) in [7, 11) is -3.48. The zero-order valence-corrected chi connectivity index (χ0v) is 24.6. The molecule has 2 aromatic rings. The summed E-state index contributed by atoms with van der Waals surface area (Å²) >= 11 is 6.02. The van der Waals surface area contributed by atoms with Crippen LogP contribution in [0.2, 0.25) is 5.02 Å². The molecule has 0 aromatic heterocycles. The highest BCUT2D eigenvalue weighted by molar-refractivity contribution is 7.89. The van der Waals surface area contributed by atoms with E-state index in [1.807, 2.05) is 26.0 Å². The lowest BCUT2D eigenvalue weighted by molar-refractivity contribution is -0.140. The number of carbonyl (C=O) groups is 2. The maximum atomic E-state index is 13.4. The van der Waals surface area contributed by atoms with Gasteiger partial charge in [-0.3, -0.25) is 9.59 Å². The highest BCUT2D eigenvalue weighted by Crippen LogP contribution is 2.22. The molecule has 1 aliphatic rings. The number of carbonyl (C=O) groups excluding carboxylic acids is 2. The predicted octanol–water partition coefficient (Wildman–Crippen LogP) is 4.41. The number of amides is 2. The van der Waals surface area contributed by atoms with Crippen molar-refractivity contribution in [1.29, 1.82) is 0 Å². The molecule has 1 atom stereocenters. The third kappa shape index (κ3) is 9.31. The second-order valence-corrected chi connectivity index (χ2v) is 12.5. The first-order chi connectivity index (χ1) is 18.6. The number of aryl methyl sites for hydroxylation is 1. The van der Waals surface area contributed by atoms with Gasteiger partial charge < -0.3 is 15.0 Å². The molecule has 0 saturated carbocycles. The van der Waals surface area contributed by atoms with E-state index in [1.165, 1.54) is 4.31 Å². The maximum Gasteiger partial charge on any atom is 0.243 e. The zero-order chi connectivity index (χ0) is 28.4. The van der Waals surface area contributed by atoms with Crippen molar-refractivity contribution in [3.05, 3.63) is 64.7 Å². The van der Waals surface area contributed by atoms with Gasteiger partial charge in [-0.15, -0.1) is 0 Å². The van der Waals surface area contributed by atoms with Gasteiger partial charge in [-0.2, -0.15) is 4.31 Å². The van der Waals surface area contributed by atoms with Crippen LogP contribution in [0.4, 0.5) is 0 Å². The molecule has 8 nitrogen and oxygen atoms in total. The minimum Gasteiger partial charge on any atom is -0.379 e. The van der Waals surface area contributed by atoms with Crippen LogP contribution in [0.5, 0.6) is 0 Å². The van der Waals surface area contributed by atoms with Crippen molar-refractivity contribution < 1.29 is 22.7 Å². The molecule has 0 radical (unpaired) electrons. The summed E-state index contributed by atoms with van der Waals surface area (Å²) in [6.45, 7) is 8.06. The second-order valence-electron chi connectivity index (χ2n) is 10.1. The van der Waals surface area contributed by atoms with Crippen LogP contribution in [0, 0.1) is 0 Å². The van der Waals surface area contributed by atoms with Crippen molar-refractivity contribution in [3.63, 3.8) is 0 Å². The molecule has 3 rings (SSSR count). The second kappa shape index (κ2) is 14.8. The van der Waals surface area contributed by atoms with Gasteiger partial charge in [0.15, 0.2) is 0 Å². The Bertz CT molecular complexity index is 1180. The van der Waals surface area contributed by atoms with Gasteiger partial charge in [-0.1, -0.05) is 35.9 Å². The maximum absolute atomic E-state index is 13.4. The average Bonchev–Trinajstić information content (AvgIpc) is 3.47. The van der Waals surface area contributed by atoms with E-state index < -0.39 is 16.1 Å². The number of nitrogens with zero attached hydrogens (tertiary/aromatic N) is 2. The molecule has 2 amide bonds. The van der Waals surface area contributed by atoms with Crippen molar-refractivity contribution in [2.24, 2.45) is 0 Å². The van der Waals surface area contributed by atoms with Crippen LogP contribution in [0.1, 0.15) is 57.6 Å². The summed E-state index contributed by atoms with van der Waals surface area (Å²) in [4.78, 5) is 28.1. The molecular weight excluding hydrogens is 538 g/mol. The molecule has 0 bridgehead atoms. The van der Waals surface area contributed by atoms with Gasteiger partial charge in [0.1, 0.15) is 6.04 Å². The molecule has 1 aliphatic heterocycles. The highest BCUT2D eigenvalue weighted by Gasteiger charge is 2.28. The SMILES string of the molecule is CC(C)OCCCNC(=O)C(C)N(Cc1ccc(Cl)cc1)C(=O)CCc1ccc(S(=O)(=O)N2CCCC2)cc1. The predicted molar refractivity (Wildman–Crippen MR) is 153 cm³/mol. The summed E-state index contributed by atoms with van der Waals surface area (Å²) < 4.78 is 32.6. The number of rotatable bonds is 14. The molecule has 0 aliphatic carbocycles. The van der Waals surface area contributed by atoms with Crippen molar-refractivity contribution in [2.45, 2.75) is 76.5 Å². The Morgan fingerprint density at radius 1 is 1.00 bits per heavy atom. The van der Waals surface area contributed by atoms with Gasteiger partial charge in [0.2, 0.25) is 21.8 Å². The van der Waals surface area contributed by atoms with E-state index in [2.05, 4.69) is 5.32 Å². The summed E-state index contributed by atoms with van der Waals surface area (Å²) in [5.41, 5.74) is 1.73. The molecule has 1 unspecified atom stereocenters. The first kappa shape index (κ1) is 31.1. The number of ether oxygens (including phenoxy) is 1. The summed E-state index contributed by atoms with van der Waals surface area (Å²) in [5, 5.41) is 3.51. The van der Waals surface area contributed by atoms with E-state index in [0.29, 0.717) is 44.1 Å². The smallest absolute Gasteiger partial charge is 0.243 e. The van der Waals surface area contributed by atoms with Crippen LogP contribution in [-0.4, -0.2) is 67.8 Å². The third-order valence-corrected chi connectivity index (χ3v) is 8.92. The van der Waals surface area contributed by atoms with E-state index >= 15 is 0 Å². The first-order valence-corrected chi connectivity index (χ1v) is 15.4. The standard InChI is InChI=1S/C29H40ClN3O5S/c1-22(2)38-20-6-17-31-29(35)23(3)33(21-25-7-12-26(30)13-8-25)28(34)16-11-24-9-14-27(15-10-24)39(36,37)32-18-4-5-19-32/h7-10,12-15,22-23H,4-6,11,16-21H2,1-3H3,(H,31,35). The number of halogens is 1. The number of nitrogens with one attached hydrogen (secondary N) is 1.